The quantitative estimate of drug-likeness (QED) is 0.477. The predicted octanol–water partition coefficient (Wildman–Crippen LogP) is 2.55. The molecular formula is C11H9IO2. The van der Waals surface area contributed by atoms with Crippen molar-refractivity contribution in [3.63, 3.8) is 0 Å². The summed E-state index contributed by atoms with van der Waals surface area (Å²) in [7, 11) is 0. The molecule has 1 aromatic carbocycles. The summed E-state index contributed by atoms with van der Waals surface area (Å²) in [6.07, 6.45) is 0. The van der Waals surface area contributed by atoms with Gasteiger partial charge in [0.2, 0.25) is 0 Å². The van der Waals surface area contributed by atoms with Crippen molar-refractivity contribution in [3.8, 4) is 9.85 Å². The van der Waals surface area contributed by atoms with Crippen LogP contribution in [0.1, 0.15) is 15.9 Å². The molecule has 0 spiro atoms. The van der Waals surface area contributed by atoms with Crippen LogP contribution >= 0.6 is 22.6 Å². The van der Waals surface area contributed by atoms with Gasteiger partial charge in [-0.15, -0.1) is 0 Å². The van der Waals surface area contributed by atoms with Crippen LogP contribution in [0.25, 0.3) is 0 Å². The lowest BCUT2D eigenvalue weighted by Gasteiger charge is -2.00. The molecule has 0 N–H and O–H groups in total. The number of hydrogen-bond acceptors (Lipinski definition) is 2. The molecule has 0 aliphatic carbocycles. The number of carbonyl (C=O) groups is 1. The number of hydrogen-bond donors (Lipinski definition) is 0. The Labute approximate surface area is 96.8 Å². The highest BCUT2D eigenvalue weighted by Gasteiger charge is 2.04. The van der Waals surface area contributed by atoms with Crippen LogP contribution in [0.5, 0.6) is 0 Å². The van der Waals surface area contributed by atoms with E-state index in [1.165, 1.54) is 0 Å². The molecule has 0 unspecified atom stereocenters. The monoisotopic (exact) mass is 300 g/mol. The van der Waals surface area contributed by atoms with Crippen molar-refractivity contribution in [2.24, 2.45) is 0 Å². The van der Waals surface area contributed by atoms with E-state index in [4.69, 9.17) is 4.74 Å². The van der Waals surface area contributed by atoms with Crippen molar-refractivity contribution in [3.05, 3.63) is 35.4 Å². The predicted molar refractivity (Wildman–Crippen MR) is 63.3 cm³/mol. The number of carbonyl (C=O) groups excluding carboxylic acids is 1. The maximum atomic E-state index is 11.3. The van der Waals surface area contributed by atoms with Crippen LogP contribution in [0.2, 0.25) is 0 Å². The standard InChI is InChI=1S/C11H9IO2/c1-9-3-5-10(6-4-9)11(13)14-8-2-7-12/h3-6H,8H2,1H3. The van der Waals surface area contributed by atoms with E-state index < -0.39 is 0 Å². The fraction of sp³-hybridized carbons (Fsp3) is 0.182. The molecule has 1 aromatic rings. The Bertz CT molecular complexity index is 371. The molecule has 0 aromatic heterocycles. The lowest BCUT2D eigenvalue weighted by atomic mass is 10.1. The van der Waals surface area contributed by atoms with E-state index in [-0.39, 0.29) is 12.6 Å². The van der Waals surface area contributed by atoms with E-state index in [2.05, 4.69) is 9.85 Å². The van der Waals surface area contributed by atoms with Crippen molar-refractivity contribution < 1.29 is 9.53 Å². The topological polar surface area (TPSA) is 26.3 Å². The Hall–Kier alpha value is -1.02. The van der Waals surface area contributed by atoms with Gasteiger partial charge in [-0.25, -0.2) is 4.79 Å². The fourth-order valence-corrected chi connectivity index (χ4v) is 1.06. The SMILES string of the molecule is Cc1ccc(C(=O)OCC#CI)cc1. The van der Waals surface area contributed by atoms with Crippen molar-refractivity contribution >= 4 is 28.6 Å². The summed E-state index contributed by atoms with van der Waals surface area (Å²) in [4.78, 5) is 11.3. The number of rotatable bonds is 2. The molecule has 0 radical (unpaired) electrons. The van der Waals surface area contributed by atoms with Gasteiger partial charge in [0.05, 0.1) is 5.56 Å². The molecule has 3 heteroatoms. The van der Waals surface area contributed by atoms with Gasteiger partial charge < -0.3 is 4.74 Å². The van der Waals surface area contributed by atoms with Gasteiger partial charge in [-0.3, -0.25) is 0 Å². The number of halogens is 1. The zero-order chi connectivity index (χ0) is 10.4. The summed E-state index contributed by atoms with van der Waals surface area (Å²) < 4.78 is 7.52. The zero-order valence-corrected chi connectivity index (χ0v) is 9.87. The Balaban J connectivity index is 2.59. The third-order valence-corrected chi connectivity index (χ3v) is 2.01. The lowest BCUT2D eigenvalue weighted by Crippen LogP contribution is -2.04. The highest BCUT2D eigenvalue weighted by Crippen LogP contribution is 2.04. The molecule has 0 saturated heterocycles. The van der Waals surface area contributed by atoms with Crippen LogP contribution in [0.3, 0.4) is 0 Å². The molecule has 1 rings (SSSR count). The molecule has 0 bridgehead atoms. The Morgan fingerprint density at radius 2 is 2.07 bits per heavy atom. The largest absolute Gasteiger partial charge is 0.449 e. The van der Waals surface area contributed by atoms with E-state index in [1.54, 1.807) is 12.1 Å². The Morgan fingerprint density at radius 3 is 2.64 bits per heavy atom. The van der Waals surface area contributed by atoms with Gasteiger partial charge in [-0.1, -0.05) is 23.6 Å². The molecule has 0 atom stereocenters. The van der Waals surface area contributed by atoms with Crippen LogP contribution in [0.15, 0.2) is 24.3 Å². The molecule has 14 heavy (non-hydrogen) atoms. The maximum absolute atomic E-state index is 11.3. The molecular weight excluding hydrogens is 291 g/mol. The third-order valence-electron chi connectivity index (χ3n) is 1.63. The van der Waals surface area contributed by atoms with E-state index in [0.29, 0.717) is 5.56 Å². The number of aryl methyl sites for hydroxylation is 1. The summed E-state index contributed by atoms with van der Waals surface area (Å²) in [5.74, 6) is 2.32. The molecule has 0 aliphatic heterocycles. The Morgan fingerprint density at radius 1 is 1.43 bits per heavy atom. The minimum absolute atomic E-state index is 0.148. The minimum Gasteiger partial charge on any atom is -0.449 e. The van der Waals surface area contributed by atoms with Gasteiger partial charge in [0.15, 0.2) is 6.61 Å². The second kappa shape index (κ2) is 5.66. The van der Waals surface area contributed by atoms with E-state index in [9.17, 15) is 4.79 Å². The van der Waals surface area contributed by atoms with Crippen LogP contribution in [0, 0.1) is 16.8 Å². The summed E-state index contributed by atoms with van der Waals surface area (Å²) in [6, 6.07) is 7.24. The normalized spacial score (nSPS) is 8.71. The second-order valence-corrected chi connectivity index (χ2v) is 3.25. The van der Waals surface area contributed by atoms with E-state index in [1.807, 2.05) is 41.6 Å². The fourth-order valence-electron chi connectivity index (χ4n) is 0.902. The lowest BCUT2D eigenvalue weighted by molar-refractivity contribution is 0.0557. The molecule has 0 fully saturated rings. The summed E-state index contributed by atoms with van der Waals surface area (Å²) >= 11 is 1.90. The minimum atomic E-state index is -0.329. The molecule has 0 saturated carbocycles. The molecule has 0 amide bonds. The van der Waals surface area contributed by atoms with Gasteiger partial charge in [0.1, 0.15) is 0 Å². The molecule has 0 heterocycles. The van der Waals surface area contributed by atoms with Gasteiger partial charge >= 0.3 is 5.97 Å². The third kappa shape index (κ3) is 3.38. The van der Waals surface area contributed by atoms with Crippen LogP contribution in [-0.2, 0) is 4.74 Å². The Kier molecular flexibility index (Phi) is 4.47. The van der Waals surface area contributed by atoms with Gasteiger partial charge in [-0.2, -0.15) is 0 Å². The molecule has 72 valence electrons. The van der Waals surface area contributed by atoms with Crippen LogP contribution in [-0.4, -0.2) is 12.6 Å². The summed E-state index contributed by atoms with van der Waals surface area (Å²) in [5.41, 5.74) is 1.68. The first-order valence-electron chi connectivity index (χ1n) is 4.06. The number of ether oxygens (including phenoxy) is 1. The summed E-state index contributed by atoms with van der Waals surface area (Å²) in [6.45, 7) is 2.12. The zero-order valence-electron chi connectivity index (χ0n) is 7.71. The first kappa shape index (κ1) is 11.1. The molecule has 2 nitrogen and oxygen atoms in total. The first-order chi connectivity index (χ1) is 6.74. The number of benzene rings is 1. The average molecular weight is 300 g/mol. The highest BCUT2D eigenvalue weighted by molar-refractivity contribution is 14.1. The van der Waals surface area contributed by atoms with Gasteiger partial charge in [0.25, 0.3) is 0 Å². The van der Waals surface area contributed by atoms with E-state index >= 15 is 0 Å². The van der Waals surface area contributed by atoms with Gasteiger partial charge in [-0.05, 0) is 23.0 Å². The summed E-state index contributed by atoms with van der Waals surface area (Å²) in [5, 5.41) is 0. The van der Waals surface area contributed by atoms with Crippen molar-refractivity contribution in [2.75, 3.05) is 6.61 Å². The smallest absolute Gasteiger partial charge is 0.339 e. The van der Waals surface area contributed by atoms with Crippen molar-refractivity contribution in [1.82, 2.24) is 0 Å². The number of esters is 1. The maximum Gasteiger partial charge on any atom is 0.339 e. The van der Waals surface area contributed by atoms with Crippen molar-refractivity contribution in [1.29, 1.82) is 0 Å². The second-order valence-electron chi connectivity index (χ2n) is 2.71. The van der Waals surface area contributed by atoms with Crippen LogP contribution in [0.4, 0.5) is 0 Å². The van der Waals surface area contributed by atoms with Crippen molar-refractivity contribution in [2.45, 2.75) is 6.92 Å². The van der Waals surface area contributed by atoms with Crippen LogP contribution < -0.4 is 0 Å². The average Bonchev–Trinajstić information content (AvgIpc) is 2.19. The highest BCUT2D eigenvalue weighted by atomic mass is 127. The van der Waals surface area contributed by atoms with Gasteiger partial charge in [0, 0.05) is 22.6 Å². The molecule has 0 aliphatic rings. The first-order valence-corrected chi connectivity index (χ1v) is 5.14. The van der Waals surface area contributed by atoms with E-state index in [0.717, 1.165) is 5.56 Å².